The summed E-state index contributed by atoms with van der Waals surface area (Å²) in [7, 11) is 0. The number of benzene rings is 2. The third-order valence-electron chi connectivity index (χ3n) is 4.61. The Balaban J connectivity index is 1.30. The molecule has 0 unspecified atom stereocenters. The van der Waals surface area contributed by atoms with Gasteiger partial charge in [-0.2, -0.15) is 0 Å². The molecule has 0 aliphatic rings. The molecule has 2 heterocycles. The molecule has 1 atom stereocenters. The summed E-state index contributed by atoms with van der Waals surface area (Å²) in [6.45, 7) is 4.26. The quantitative estimate of drug-likeness (QED) is 0.488. The Labute approximate surface area is 157 Å². The van der Waals surface area contributed by atoms with Crippen molar-refractivity contribution in [3.63, 3.8) is 0 Å². The minimum absolute atomic E-state index is 0.00713. The molecule has 0 aliphatic heterocycles. The second kappa shape index (κ2) is 7.25. The van der Waals surface area contributed by atoms with Crippen molar-refractivity contribution < 1.29 is 9.53 Å². The second-order valence-electron chi connectivity index (χ2n) is 6.81. The van der Waals surface area contributed by atoms with E-state index < -0.39 is 0 Å². The van der Waals surface area contributed by atoms with Gasteiger partial charge in [0.2, 0.25) is 5.91 Å². The van der Waals surface area contributed by atoms with Gasteiger partial charge in [0.1, 0.15) is 19.0 Å². The lowest BCUT2D eigenvalue weighted by Crippen LogP contribution is -2.30. The first-order valence-electron chi connectivity index (χ1n) is 8.98. The monoisotopic (exact) mass is 362 g/mol. The van der Waals surface area contributed by atoms with Crippen LogP contribution in [0.4, 0.5) is 0 Å². The van der Waals surface area contributed by atoms with E-state index in [9.17, 15) is 4.79 Å². The van der Waals surface area contributed by atoms with Crippen LogP contribution >= 0.6 is 0 Å². The number of imidazole rings is 1. The third kappa shape index (κ3) is 3.85. The summed E-state index contributed by atoms with van der Waals surface area (Å²) in [5.74, 6) is 0.568. The summed E-state index contributed by atoms with van der Waals surface area (Å²) in [6, 6.07) is 14.1. The number of aromatic amines is 2. The first kappa shape index (κ1) is 17.3. The summed E-state index contributed by atoms with van der Waals surface area (Å²) in [4.78, 5) is 23.0. The van der Waals surface area contributed by atoms with Crippen molar-refractivity contribution in [2.45, 2.75) is 26.5 Å². The SMILES string of the molecule is Cc1ccc2nc(COCC(=O)N[C@H](C)c3ccc4[nH]ccc4c3)[nH]c2c1. The van der Waals surface area contributed by atoms with Crippen LogP contribution < -0.4 is 5.32 Å². The van der Waals surface area contributed by atoms with E-state index in [0.717, 1.165) is 27.5 Å². The van der Waals surface area contributed by atoms with E-state index in [-0.39, 0.29) is 25.2 Å². The molecule has 27 heavy (non-hydrogen) atoms. The number of ether oxygens (including phenoxy) is 1. The highest BCUT2D eigenvalue weighted by atomic mass is 16.5. The first-order valence-corrected chi connectivity index (χ1v) is 8.98. The van der Waals surface area contributed by atoms with E-state index in [0.29, 0.717) is 5.82 Å². The summed E-state index contributed by atoms with van der Waals surface area (Å²) in [5.41, 5.74) is 5.19. The molecule has 4 rings (SSSR count). The minimum Gasteiger partial charge on any atom is -0.364 e. The Morgan fingerprint density at radius 1 is 1.19 bits per heavy atom. The molecule has 0 saturated carbocycles. The van der Waals surface area contributed by atoms with Gasteiger partial charge in [-0.3, -0.25) is 4.79 Å². The number of hydrogen-bond acceptors (Lipinski definition) is 3. The van der Waals surface area contributed by atoms with Crippen LogP contribution in [0.1, 0.15) is 29.9 Å². The predicted octanol–water partition coefficient (Wildman–Crippen LogP) is 3.75. The molecule has 0 spiro atoms. The van der Waals surface area contributed by atoms with E-state index in [1.165, 1.54) is 5.56 Å². The fraction of sp³-hybridized carbons (Fsp3) is 0.238. The van der Waals surface area contributed by atoms with Gasteiger partial charge in [0.25, 0.3) is 0 Å². The van der Waals surface area contributed by atoms with Crippen molar-refractivity contribution in [3.05, 3.63) is 65.6 Å². The highest BCUT2D eigenvalue weighted by Gasteiger charge is 2.11. The van der Waals surface area contributed by atoms with Crippen molar-refractivity contribution in [3.8, 4) is 0 Å². The average molecular weight is 362 g/mol. The van der Waals surface area contributed by atoms with Crippen LogP contribution in [0.15, 0.2) is 48.7 Å². The molecule has 6 nitrogen and oxygen atoms in total. The molecule has 2 aromatic heterocycles. The largest absolute Gasteiger partial charge is 0.364 e. The van der Waals surface area contributed by atoms with Crippen LogP contribution in [-0.2, 0) is 16.1 Å². The van der Waals surface area contributed by atoms with Gasteiger partial charge < -0.3 is 20.0 Å². The van der Waals surface area contributed by atoms with E-state index in [4.69, 9.17) is 4.74 Å². The highest BCUT2D eigenvalue weighted by Crippen LogP contribution is 2.19. The normalized spacial score (nSPS) is 12.5. The molecular weight excluding hydrogens is 340 g/mol. The number of carbonyl (C=O) groups excluding carboxylic acids is 1. The molecule has 4 aromatic rings. The Morgan fingerprint density at radius 2 is 2.07 bits per heavy atom. The molecule has 0 saturated heterocycles. The Bertz CT molecular complexity index is 1100. The van der Waals surface area contributed by atoms with Crippen molar-refractivity contribution in [1.29, 1.82) is 0 Å². The van der Waals surface area contributed by atoms with Crippen LogP contribution in [-0.4, -0.2) is 27.5 Å². The summed E-state index contributed by atoms with van der Waals surface area (Å²) in [6.07, 6.45) is 1.91. The van der Waals surface area contributed by atoms with Crippen LogP contribution in [0.5, 0.6) is 0 Å². The Morgan fingerprint density at radius 3 is 2.96 bits per heavy atom. The van der Waals surface area contributed by atoms with Crippen molar-refractivity contribution in [2.24, 2.45) is 0 Å². The first-order chi connectivity index (χ1) is 13.1. The van der Waals surface area contributed by atoms with Gasteiger partial charge in [-0.05, 0) is 60.7 Å². The van der Waals surface area contributed by atoms with Crippen LogP contribution in [0.25, 0.3) is 21.9 Å². The van der Waals surface area contributed by atoms with Crippen molar-refractivity contribution >= 4 is 27.8 Å². The average Bonchev–Trinajstić information content (AvgIpc) is 3.26. The van der Waals surface area contributed by atoms with Gasteiger partial charge in [-0.15, -0.1) is 0 Å². The zero-order chi connectivity index (χ0) is 18.8. The lowest BCUT2D eigenvalue weighted by Gasteiger charge is -2.14. The molecule has 138 valence electrons. The number of hydrogen-bond donors (Lipinski definition) is 3. The Kier molecular flexibility index (Phi) is 4.64. The van der Waals surface area contributed by atoms with E-state index >= 15 is 0 Å². The van der Waals surface area contributed by atoms with Gasteiger partial charge in [0, 0.05) is 11.7 Å². The van der Waals surface area contributed by atoms with E-state index in [1.54, 1.807) is 0 Å². The standard InChI is InChI=1S/C21H22N4O2/c1-13-3-5-18-19(9-13)25-20(24-18)11-27-12-21(26)23-14(2)15-4-6-17-16(10-15)7-8-22-17/h3-10,14,22H,11-12H2,1-2H3,(H,23,26)(H,24,25)/t14-/m1/s1. The predicted molar refractivity (Wildman–Crippen MR) is 105 cm³/mol. The number of aryl methyl sites for hydroxylation is 1. The van der Waals surface area contributed by atoms with Gasteiger partial charge in [0.05, 0.1) is 17.1 Å². The van der Waals surface area contributed by atoms with E-state index in [2.05, 4.69) is 26.3 Å². The van der Waals surface area contributed by atoms with Gasteiger partial charge in [-0.25, -0.2) is 4.98 Å². The van der Waals surface area contributed by atoms with Gasteiger partial charge >= 0.3 is 0 Å². The van der Waals surface area contributed by atoms with Crippen LogP contribution in [0.2, 0.25) is 0 Å². The Hall–Kier alpha value is -3.12. The molecule has 0 aliphatic carbocycles. The molecule has 0 fully saturated rings. The molecule has 6 heteroatoms. The number of aromatic nitrogens is 3. The molecule has 0 bridgehead atoms. The van der Waals surface area contributed by atoms with Gasteiger partial charge in [-0.1, -0.05) is 12.1 Å². The summed E-state index contributed by atoms with van der Waals surface area (Å²) < 4.78 is 5.53. The smallest absolute Gasteiger partial charge is 0.246 e. The maximum absolute atomic E-state index is 12.2. The summed E-state index contributed by atoms with van der Waals surface area (Å²) in [5, 5.41) is 4.10. The lowest BCUT2D eigenvalue weighted by atomic mass is 10.1. The minimum atomic E-state index is -0.149. The number of H-pyrrole nitrogens is 2. The number of amides is 1. The second-order valence-corrected chi connectivity index (χ2v) is 6.81. The topological polar surface area (TPSA) is 82.8 Å². The number of rotatable bonds is 6. The highest BCUT2D eigenvalue weighted by molar-refractivity contribution is 5.81. The number of carbonyl (C=O) groups is 1. The zero-order valence-corrected chi connectivity index (χ0v) is 15.4. The zero-order valence-electron chi connectivity index (χ0n) is 15.4. The fourth-order valence-corrected chi connectivity index (χ4v) is 3.19. The molecule has 1 amide bonds. The third-order valence-corrected chi connectivity index (χ3v) is 4.61. The maximum atomic E-state index is 12.2. The maximum Gasteiger partial charge on any atom is 0.246 e. The van der Waals surface area contributed by atoms with Gasteiger partial charge in [0.15, 0.2) is 0 Å². The van der Waals surface area contributed by atoms with Crippen molar-refractivity contribution in [2.75, 3.05) is 6.61 Å². The van der Waals surface area contributed by atoms with E-state index in [1.807, 2.05) is 56.4 Å². The molecule has 0 radical (unpaired) electrons. The molecule has 2 aromatic carbocycles. The number of nitrogens with zero attached hydrogens (tertiary/aromatic N) is 1. The lowest BCUT2D eigenvalue weighted by molar-refractivity contribution is -0.126. The van der Waals surface area contributed by atoms with Crippen LogP contribution in [0, 0.1) is 6.92 Å². The molecular formula is C21H22N4O2. The molecule has 3 N–H and O–H groups in total. The van der Waals surface area contributed by atoms with Crippen LogP contribution in [0.3, 0.4) is 0 Å². The number of nitrogens with one attached hydrogen (secondary N) is 3. The summed E-state index contributed by atoms with van der Waals surface area (Å²) >= 11 is 0. The fourth-order valence-electron chi connectivity index (χ4n) is 3.19. The van der Waals surface area contributed by atoms with Crippen molar-refractivity contribution in [1.82, 2.24) is 20.3 Å². The number of fused-ring (bicyclic) bond motifs is 2.